The third-order valence-corrected chi connectivity index (χ3v) is 4.54. The second kappa shape index (κ2) is 10.1. The molecule has 6 N–H and O–H groups in total. The molecule has 0 saturated heterocycles. The van der Waals surface area contributed by atoms with Crippen LogP contribution < -0.4 is 21.7 Å². The topological polar surface area (TPSA) is 116 Å². The van der Waals surface area contributed by atoms with E-state index in [1.165, 1.54) is 0 Å². The van der Waals surface area contributed by atoms with Gasteiger partial charge in [0, 0.05) is 17.9 Å². The van der Waals surface area contributed by atoms with Gasteiger partial charge in [0.2, 0.25) is 0 Å². The first-order valence-corrected chi connectivity index (χ1v) is 9.56. The number of benzene rings is 3. The van der Waals surface area contributed by atoms with Gasteiger partial charge in [-0.1, -0.05) is 42.5 Å². The van der Waals surface area contributed by atoms with E-state index in [0.29, 0.717) is 29.0 Å². The lowest BCUT2D eigenvalue weighted by molar-refractivity contribution is 0.102. The number of carbonyl (C=O) groups excluding carboxylic acids is 2. The number of amides is 3. The van der Waals surface area contributed by atoms with Gasteiger partial charge in [-0.3, -0.25) is 4.79 Å². The normalized spacial score (nSPS) is 11.4. The summed E-state index contributed by atoms with van der Waals surface area (Å²) in [6, 6.07) is 22.2. The van der Waals surface area contributed by atoms with E-state index in [0.717, 1.165) is 5.56 Å². The molecule has 0 aliphatic heterocycles. The highest BCUT2D eigenvalue weighted by Gasteiger charge is 2.15. The highest BCUT2D eigenvalue weighted by atomic mass is 16.3. The monoisotopic (exact) mass is 404 g/mol. The Hall–Kier alpha value is -3.84. The largest absolute Gasteiger partial charge is 0.397 e. The van der Waals surface area contributed by atoms with Gasteiger partial charge in [-0.15, -0.1) is 0 Å². The minimum absolute atomic E-state index is 0.0915. The summed E-state index contributed by atoms with van der Waals surface area (Å²) in [6.45, 7) is -0.0915. The molecule has 3 aromatic carbocycles. The minimum Gasteiger partial charge on any atom is -0.397 e. The fraction of sp³-hybridized carbons (Fsp3) is 0.130. The molecule has 0 aromatic heterocycles. The quantitative estimate of drug-likeness (QED) is 0.385. The van der Waals surface area contributed by atoms with Crippen LogP contribution >= 0.6 is 0 Å². The zero-order valence-corrected chi connectivity index (χ0v) is 16.3. The molecule has 0 bridgehead atoms. The van der Waals surface area contributed by atoms with Crippen molar-refractivity contribution in [2.24, 2.45) is 0 Å². The molecule has 0 saturated carbocycles. The Kier molecular flexibility index (Phi) is 7.02. The maximum absolute atomic E-state index is 12.5. The SMILES string of the molecule is Nc1ccccc1NC(=O)c1ccc(C(CCO)NC(=O)Nc2ccccc2)cc1. The molecule has 7 nitrogen and oxygen atoms in total. The molecule has 0 aliphatic rings. The van der Waals surface area contributed by atoms with E-state index in [9.17, 15) is 14.7 Å². The van der Waals surface area contributed by atoms with E-state index in [4.69, 9.17) is 5.73 Å². The van der Waals surface area contributed by atoms with Gasteiger partial charge < -0.3 is 26.8 Å². The van der Waals surface area contributed by atoms with Gasteiger partial charge in [-0.2, -0.15) is 0 Å². The molecule has 0 radical (unpaired) electrons. The lowest BCUT2D eigenvalue weighted by atomic mass is 10.0. The van der Waals surface area contributed by atoms with Crippen LogP contribution in [0.25, 0.3) is 0 Å². The number of aliphatic hydroxyl groups excluding tert-OH is 1. The number of rotatable bonds is 7. The summed E-state index contributed by atoms with van der Waals surface area (Å²) in [6.07, 6.45) is 0.342. The number of carbonyl (C=O) groups is 2. The molecule has 3 aromatic rings. The van der Waals surface area contributed by atoms with Crippen LogP contribution in [0.5, 0.6) is 0 Å². The van der Waals surface area contributed by atoms with Crippen molar-refractivity contribution in [3.05, 3.63) is 90.0 Å². The first-order valence-electron chi connectivity index (χ1n) is 9.56. The summed E-state index contributed by atoms with van der Waals surface area (Å²) >= 11 is 0. The first kappa shape index (κ1) is 20.9. The third kappa shape index (κ3) is 5.59. The molecule has 0 fully saturated rings. The van der Waals surface area contributed by atoms with Crippen molar-refractivity contribution in [1.82, 2.24) is 5.32 Å². The fourth-order valence-electron chi connectivity index (χ4n) is 2.97. The van der Waals surface area contributed by atoms with Crippen molar-refractivity contribution < 1.29 is 14.7 Å². The number of aliphatic hydroxyl groups is 1. The molecule has 154 valence electrons. The molecule has 0 aliphatic carbocycles. The highest BCUT2D eigenvalue weighted by Crippen LogP contribution is 2.20. The van der Waals surface area contributed by atoms with Crippen molar-refractivity contribution in [3.63, 3.8) is 0 Å². The van der Waals surface area contributed by atoms with E-state index in [2.05, 4.69) is 16.0 Å². The van der Waals surface area contributed by atoms with Crippen LogP contribution in [-0.2, 0) is 0 Å². The van der Waals surface area contributed by atoms with Crippen LogP contribution in [0.2, 0.25) is 0 Å². The summed E-state index contributed by atoms with van der Waals surface area (Å²) in [5.41, 5.74) is 8.80. The number of urea groups is 1. The van der Waals surface area contributed by atoms with Gasteiger partial charge in [-0.25, -0.2) is 4.79 Å². The third-order valence-electron chi connectivity index (χ3n) is 4.54. The fourth-order valence-corrected chi connectivity index (χ4v) is 2.97. The summed E-state index contributed by atoms with van der Waals surface area (Å²) in [4.78, 5) is 24.8. The van der Waals surface area contributed by atoms with Crippen molar-refractivity contribution >= 4 is 29.0 Å². The van der Waals surface area contributed by atoms with Gasteiger partial charge in [0.05, 0.1) is 17.4 Å². The zero-order valence-electron chi connectivity index (χ0n) is 16.3. The van der Waals surface area contributed by atoms with Gasteiger partial charge in [0.1, 0.15) is 0 Å². The van der Waals surface area contributed by atoms with Gasteiger partial charge in [0.25, 0.3) is 5.91 Å². The lowest BCUT2D eigenvalue weighted by Gasteiger charge is -2.19. The number of para-hydroxylation sites is 3. The Bertz CT molecular complexity index is 991. The number of nitrogens with two attached hydrogens (primary N) is 1. The molecule has 0 heterocycles. The Morgan fingerprint density at radius 3 is 2.20 bits per heavy atom. The van der Waals surface area contributed by atoms with E-state index in [1.54, 1.807) is 60.7 Å². The lowest BCUT2D eigenvalue weighted by Crippen LogP contribution is -2.33. The number of nitrogen functional groups attached to an aromatic ring is 1. The number of anilines is 3. The molecular formula is C23H24N4O3. The predicted octanol–water partition coefficient (Wildman–Crippen LogP) is 3.77. The summed E-state index contributed by atoms with van der Waals surface area (Å²) in [5, 5.41) is 17.8. The zero-order chi connectivity index (χ0) is 21.3. The average Bonchev–Trinajstić information content (AvgIpc) is 2.76. The summed E-state index contributed by atoms with van der Waals surface area (Å²) < 4.78 is 0. The van der Waals surface area contributed by atoms with Crippen molar-refractivity contribution in [2.45, 2.75) is 12.5 Å². The minimum atomic E-state index is -0.402. The van der Waals surface area contributed by atoms with Gasteiger partial charge >= 0.3 is 6.03 Å². The second-order valence-corrected chi connectivity index (χ2v) is 6.69. The highest BCUT2D eigenvalue weighted by molar-refractivity contribution is 6.05. The molecule has 1 atom stereocenters. The molecule has 0 spiro atoms. The Morgan fingerprint density at radius 1 is 0.867 bits per heavy atom. The van der Waals surface area contributed by atoms with Crippen LogP contribution in [0.4, 0.5) is 21.9 Å². The van der Waals surface area contributed by atoms with Crippen LogP contribution in [-0.4, -0.2) is 23.7 Å². The predicted molar refractivity (Wildman–Crippen MR) is 118 cm³/mol. The second-order valence-electron chi connectivity index (χ2n) is 6.69. The maximum Gasteiger partial charge on any atom is 0.319 e. The first-order chi connectivity index (χ1) is 14.6. The maximum atomic E-state index is 12.5. The molecular weight excluding hydrogens is 380 g/mol. The smallest absolute Gasteiger partial charge is 0.319 e. The number of hydrogen-bond acceptors (Lipinski definition) is 4. The number of hydrogen-bond donors (Lipinski definition) is 5. The van der Waals surface area contributed by atoms with Crippen molar-refractivity contribution in [1.29, 1.82) is 0 Å². The molecule has 7 heteroatoms. The van der Waals surface area contributed by atoms with Crippen LogP contribution in [0.1, 0.15) is 28.4 Å². The van der Waals surface area contributed by atoms with Crippen LogP contribution in [0, 0.1) is 0 Å². The van der Waals surface area contributed by atoms with Crippen LogP contribution in [0.3, 0.4) is 0 Å². The molecule has 1 unspecified atom stereocenters. The van der Waals surface area contributed by atoms with Gasteiger partial charge in [-0.05, 0) is 48.4 Å². The molecule has 30 heavy (non-hydrogen) atoms. The Labute approximate surface area is 174 Å². The summed E-state index contributed by atoms with van der Waals surface area (Å²) in [7, 11) is 0. The Balaban J connectivity index is 1.66. The standard InChI is InChI=1S/C23H24N4O3/c24-19-8-4-5-9-21(19)26-22(29)17-12-10-16(11-13-17)20(14-15-28)27-23(30)25-18-6-2-1-3-7-18/h1-13,20,28H,14-15,24H2,(H,26,29)(H2,25,27,30). The van der Waals surface area contributed by atoms with E-state index in [1.807, 2.05) is 18.2 Å². The van der Waals surface area contributed by atoms with E-state index < -0.39 is 6.04 Å². The van der Waals surface area contributed by atoms with Crippen molar-refractivity contribution in [3.8, 4) is 0 Å². The van der Waals surface area contributed by atoms with Crippen LogP contribution in [0.15, 0.2) is 78.9 Å². The van der Waals surface area contributed by atoms with E-state index in [-0.39, 0.29) is 18.5 Å². The van der Waals surface area contributed by atoms with Crippen molar-refractivity contribution in [2.75, 3.05) is 23.0 Å². The number of nitrogens with one attached hydrogen (secondary N) is 3. The molecule has 3 rings (SSSR count). The van der Waals surface area contributed by atoms with E-state index >= 15 is 0 Å². The summed E-state index contributed by atoms with van der Waals surface area (Å²) in [5.74, 6) is -0.284. The molecule has 3 amide bonds. The Morgan fingerprint density at radius 2 is 1.53 bits per heavy atom. The average molecular weight is 404 g/mol. The van der Waals surface area contributed by atoms with Gasteiger partial charge in [0.15, 0.2) is 0 Å².